The number of aryl methyl sites for hydroxylation is 2. The fourth-order valence-corrected chi connectivity index (χ4v) is 2.84. The number of halogens is 2. The van der Waals surface area contributed by atoms with Gasteiger partial charge in [0.2, 0.25) is 0 Å². The maximum atomic E-state index is 13.8. The summed E-state index contributed by atoms with van der Waals surface area (Å²) in [7, 11) is 0. The molecule has 0 saturated heterocycles. The lowest BCUT2D eigenvalue weighted by Gasteiger charge is -2.11. The molecule has 120 valence electrons. The Morgan fingerprint density at radius 2 is 1.33 bits per heavy atom. The van der Waals surface area contributed by atoms with Crippen LogP contribution in [0.25, 0.3) is 11.1 Å². The molecule has 0 fully saturated rings. The molecule has 0 radical (unpaired) electrons. The van der Waals surface area contributed by atoms with Crippen LogP contribution in [0.4, 0.5) is 8.78 Å². The fraction of sp³-hybridized carbons (Fsp3) is 0.0952. The monoisotopic (exact) mass is 322 g/mol. The average Bonchev–Trinajstić information content (AvgIpc) is 2.54. The van der Waals surface area contributed by atoms with Crippen molar-refractivity contribution in [3.05, 3.63) is 94.6 Å². The number of ketones is 1. The molecule has 3 heteroatoms. The second kappa shape index (κ2) is 6.36. The summed E-state index contributed by atoms with van der Waals surface area (Å²) in [5.74, 6) is -1.07. The van der Waals surface area contributed by atoms with E-state index in [-0.39, 0.29) is 5.78 Å². The Balaban J connectivity index is 2.15. The smallest absolute Gasteiger partial charge is 0.193 e. The first-order valence-electron chi connectivity index (χ1n) is 7.62. The Kier molecular flexibility index (Phi) is 4.26. The first kappa shape index (κ1) is 16.1. The van der Waals surface area contributed by atoms with Crippen LogP contribution in [0.2, 0.25) is 0 Å². The first-order valence-corrected chi connectivity index (χ1v) is 7.62. The van der Waals surface area contributed by atoms with Gasteiger partial charge in [-0.3, -0.25) is 4.79 Å². The van der Waals surface area contributed by atoms with Crippen molar-refractivity contribution >= 4 is 5.78 Å². The summed E-state index contributed by atoms with van der Waals surface area (Å²) in [6, 6.07) is 15.3. The van der Waals surface area contributed by atoms with Crippen LogP contribution in [0.15, 0.2) is 60.7 Å². The zero-order valence-corrected chi connectivity index (χ0v) is 13.4. The quantitative estimate of drug-likeness (QED) is 0.584. The number of benzene rings is 3. The van der Waals surface area contributed by atoms with E-state index in [0.717, 1.165) is 16.7 Å². The van der Waals surface area contributed by atoms with E-state index in [1.54, 1.807) is 0 Å². The highest BCUT2D eigenvalue weighted by Gasteiger charge is 2.16. The summed E-state index contributed by atoms with van der Waals surface area (Å²) in [4.78, 5) is 12.8. The highest BCUT2D eigenvalue weighted by molar-refractivity contribution is 6.12. The summed E-state index contributed by atoms with van der Waals surface area (Å²) < 4.78 is 26.9. The molecule has 0 aromatic heterocycles. The van der Waals surface area contributed by atoms with Gasteiger partial charge in [-0.2, -0.15) is 0 Å². The Hall–Kier alpha value is -2.81. The Labute approximate surface area is 139 Å². The molecule has 0 amide bonds. The maximum Gasteiger partial charge on any atom is 0.193 e. The van der Waals surface area contributed by atoms with E-state index in [1.807, 2.05) is 32.0 Å². The number of carbonyl (C=O) groups excluding carboxylic acids is 1. The minimum absolute atomic E-state index is 0.260. The number of carbonyl (C=O) groups is 1. The van der Waals surface area contributed by atoms with Crippen molar-refractivity contribution < 1.29 is 13.6 Å². The number of rotatable bonds is 3. The molecule has 24 heavy (non-hydrogen) atoms. The van der Waals surface area contributed by atoms with Gasteiger partial charge in [-0.05, 0) is 67.4 Å². The molecule has 3 aromatic rings. The van der Waals surface area contributed by atoms with Crippen molar-refractivity contribution in [2.45, 2.75) is 13.8 Å². The standard InChI is InChI=1S/C21H16F2O/c1-13-9-14(2)11-16(10-13)20-12-18(23)7-8-19(20)21(24)15-3-5-17(22)6-4-15/h3-12H,1-2H3. The normalized spacial score (nSPS) is 10.7. The molecule has 1 nitrogen and oxygen atoms in total. The minimum Gasteiger partial charge on any atom is -0.289 e. The molecule has 0 bridgehead atoms. The topological polar surface area (TPSA) is 17.1 Å². The van der Waals surface area contributed by atoms with Gasteiger partial charge in [0.05, 0.1) is 0 Å². The summed E-state index contributed by atoms with van der Waals surface area (Å²) in [5, 5.41) is 0. The van der Waals surface area contributed by atoms with Gasteiger partial charge in [0, 0.05) is 11.1 Å². The molecule has 0 saturated carbocycles. The van der Waals surface area contributed by atoms with Gasteiger partial charge >= 0.3 is 0 Å². The summed E-state index contributed by atoms with van der Waals surface area (Å²) in [5.41, 5.74) is 4.17. The lowest BCUT2D eigenvalue weighted by Crippen LogP contribution is -2.04. The van der Waals surface area contributed by atoms with Crippen molar-refractivity contribution in [3.8, 4) is 11.1 Å². The van der Waals surface area contributed by atoms with E-state index < -0.39 is 11.6 Å². The molecule has 0 N–H and O–H groups in total. The Bertz CT molecular complexity index is 891. The van der Waals surface area contributed by atoms with Gasteiger partial charge in [0.15, 0.2) is 5.78 Å². The van der Waals surface area contributed by atoms with Crippen molar-refractivity contribution in [2.75, 3.05) is 0 Å². The average molecular weight is 322 g/mol. The van der Waals surface area contributed by atoms with Crippen molar-refractivity contribution in [1.29, 1.82) is 0 Å². The first-order chi connectivity index (χ1) is 11.4. The molecular weight excluding hydrogens is 306 g/mol. The third-order valence-electron chi connectivity index (χ3n) is 3.87. The van der Waals surface area contributed by atoms with E-state index in [2.05, 4.69) is 0 Å². The maximum absolute atomic E-state index is 13.8. The summed E-state index contributed by atoms with van der Waals surface area (Å²) in [6.07, 6.45) is 0. The van der Waals surface area contributed by atoms with Gasteiger partial charge in [0.25, 0.3) is 0 Å². The molecule has 3 rings (SSSR count). The lowest BCUT2D eigenvalue weighted by atomic mass is 9.92. The summed E-state index contributed by atoms with van der Waals surface area (Å²) >= 11 is 0. The SMILES string of the molecule is Cc1cc(C)cc(-c2cc(F)ccc2C(=O)c2ccc(F)cc2)c1. The van der Waals surface area contributed by atoms with Gasteiger partial charge in [-0.25, -0.2) is 8.78 Å². The molecule has 0 aliphatic heterocycles. The van der Waals surface area contributed by atoms with Gasteiger partial charge in [-0.15, -0.1) is 0 Å². The van der Waals surface area contributed by atoms with Gasteiger partial charge < -0.3 is 0 Å². The van der Waals surface area contributed by atoms with Crippen LogP contribution in [0, 0.1) is 25.5 Å². The molecular formula is C21H16F2O. The minimum atomic E-state index is -0.403. The molecule has 0 aliphatic carbocycles. The Morgan fingerprint density at radius 1 is 0.750 bits per heavy atom. The van der Waals surface area contributed by atoms with Crippen LogP contribution in [0.1, 0.15) is 27.0 Å². The van der Waals surface area contributed by atoms with E-state index >= 15 is 0 Å². The predicted molar refractivity (Wildman–Crippen MR) is 91.1 cm³/mol. The fourth-order valence-electron chi connectivity index (χ4n) is 2.84. The van der Waals surface area contributed by atoms with Crippen molar-refractivity contribution in [2.24, 2.45) is 0 Å². The third kappa shape index (κ3) is 3.25. The lowest BCUT2D eigenvalue weighted by molar-refractivity contribution is 0.103. The number of hydrogen-bond acceptors (Lipinski definition) is 1. The highest BCUT2D eigenvalue weighted by atomic mass is 19.1. The summed E-state index contributed by atoms with van der Waals surface area (Å²) in [6.45, 7) is 3.91. The molecule has 0 heterocycles. The van der Waals surface area contributed by atoms with E-state index in [1.165, 1.54) is 42.5 Å². The zero-order chi connectivity index (χ0) is 17.3. The van der Waals surface area contributed by atoms with Crippen LogP contribution >= 0.6 is 0 Å². The van der Waals surface area contributed by atoms with Crippen molar-refractivity contribution in [3.63, 3.8) is 0 Å². The third-order valence-corrected chi connectivity index (χ3v) is 3.87. The molecule has 0 atom stereocenters. The second-order valence-electron chi connectivity index (χ2n) is 5.90. The van der Waals surface area contributed by atoms with Crippen LogP contribution in [0.3, 0.4) is 0 Å². The van der Waals surface area contributed by atoms with E-state index in [4.69, 9.17) is 0 Å². The molecule has 0 spiro atoms. The second-order valence-corrected chi connectivity index (χ2v) is 5.90. The molecule has 0 unspecified atom stereocenters. The van der Waals surface area contributed by atoms with Gasteiger partial charge in [0.1, 0.15) is 11.6 Å². The molecule has 3 aromatic carbocycles. The van der Waals surface area contributed by atoms with Crippen LogP contribution in [-0.2, 0) is 0 Å². The highest BCUT2D eigenvalue weighted by Crippen LogP contribution is 2.28. The van der Waals surface area contributed by atoms with E-state index in [9.17, 15) is 13.6 Å². The van der Waals surface area contributed by atoms with Crippen LogP contribution in [0.5, 0.6) is 0 Å². The largest absolute Gasteiger partial charge is 0.289 e. The van der Waals surface area contributed by atoms with Crippen LogP contribution in [-0.4, -0.2) is 5.78 Å². The Morgan fingerprint density at radius 3 is 1.96 bits per heavy atom. The predicted octanol–water partition coefficient (Wildman–Crippen LogP) is 5.48. The van der Waals surface area contributed by atoms with Crippen molar-refractivity contribution in [1.82, 2.24) is 0 Å². The zero-order valence-electron chi connectivity index (χ0n) is 13.4. The van der Waals surface area contributed by atoms with Crippen LogP contribution < -0.4 is 0 Å². The number of hydrogen-bond donors (Lipinski definition) is 0. The van der Waals surface area contributed by atoms with E-state index in [0.29, 0.717) is 16.7 Å². The molecule has 0 aliphatic rings. The van der Waals surface area contributed by atoms with Gasteiger partial charge in [-0.1, -0.05) is 29.3 Å².